The van der Waals surface area contributed by atoms with E-state index in [4.69, 9.17) is 0 Å². The number of hydrogen-bond donors (Lipinski definition) is 2. The first-order chi connectivity index (χ1) is 18.8. The standard InChI is InChI=1S/C30H26FN3O5/c31-21-12-6-4-10-19(21)17-33-23-13-7-5-11-20(23)30(29(33)39)26-25(22(32-30)14-15-24(35)36)27(37)34(28(26)38)16-18-8-2-1-3-9-18/h1-13,22,25-26,32H,14-17H2,(H,35,36)/t22-,25-,26+,30-/m0/s1. The van der Waals surface area contributed by atoms with Crippen LogP contribution < -0.4 is 10.2 Å². The molecule has 3 aromatic carbocycles. The zero-order valence-electron chi connectivity index (χ0n) is 20.9. The van der Waals surface area contributed by atoms with Crippen LogP contribution in [0.2, 0.25) is 0 Å². The maximum Gasteiger partial charge on any atom is 0.303 e. The number of carboxylic acids is 1. The van der Waals surface area contributed by atoms with Crippen molar-refractivity contribution in [2.45, 2.75) is 37.5 Å². The number of carboxylic acid groups (broad SMARTS) is 1. The first-order valence-corrected chi connectivity index (χ1v) is 12.9. The third-order valence-corrected chi connectivity index (χ3v) is 8.10. The Morgan fingerprint density at radius 3 is 2.31 bits per heavy atom. The summed E-state index contributed by atoms with van der Waals surface area (Å²) in [6.45, 7) is 0.00100. The highest BCUT2D eigenvalue weighted by atomic mass is 19.1. The van der Waals surface area contributed by atoms with Crippen LogP contribution in [0.1, 0.15) is 29.5 Å². The van der Waals surface area contributed by atoms with Crippen molar-refractivity contribution in [3.05, 3.63) is 101 Å². The van der Waals surface area contributed by atoms with E-state index in [1.165, 1.54) is 15.9 Å². The van der Waals surface area contributed by atoms with E-state index >= 15 is 0 Å². The lowest BCUT2D eigenvalue weighted by molar-refractivity contribution is -0.144. The molecule has 1 spiro atoms. The Hall–Kier alpha value is -4.37. The quantitative estimate of drug-likeness (QED) is 0.457. The maximum absolute atomic E-state index is 14.6. The van der Waals surface area contributed by atoms with Gasteiger partial charge in [0.25, 0.3) is 5.91 Å². The molecule has 3 heterocycles. The number of para-hydroxylation sites is 1. The SMILES string of the molecule is O=C(O)CC[C@@H]1N[C@]2(C(=O)N(Cc3ccccc3F)c3ccccc32)[C@H]2C(=O)N(Cc3ccccc3)C(=O)[C@@H]12. The van der Waals surface area contributed by atoms with E-state index in [0.29, 0.717) is 16.8 Å². The Morgan fingerprint density at radius 1 is 0.872 bits per heavy atom. The third kappa shape index (κ3) is 3.84. The number of carbonyl (C=O) groups excluding carboxylic acids is 3. The number of rotatable bonds is 7. The van der Waals surface area contributed by atoms with Gasteiger partial charge in [-0.25, -0.2) is 4.39 Å². The normalized spacial score (nSPS) is 25.5. The molecule has 3 aromatic rings. The first-order valence-electron chi connectivity index (χ1n) is 12.9. The monoisotopic (exact) mass is 527 g/mol. The van der Waals surface area contributed by atoms with Crippen LogP contribution in [0.5, 0.6) is 0 Å². The van der Waals surface area contributed by atoms with E-state index in [0.717, 1.165) is 5.56 Å². The summed E-state index contributed by atoms with van der Waals surface area (Å²) in [6, 6.07) is 21.6. The van der Waals surface area contributed by atoms with Crippen molar-refractivity contribution in [3.63, 3.8) is 0 Å². The molecule has 0 radical (unpaired) electrons. The molecule has 0 aliphatic carbocycles. The van der Waals surface area contributed by atoms with Crippen molar-refractivity contribution in [3.8, 4) is 0 Å². The molecule has 3 aliphatic rings. The van der Waals surface area contributed by atoms with Gasteiger partial charge in [0.1, 0.15) is 11.4 Å². The van der Waals surface area contributed by atoms with Crippen LogP contribution in [0, 0.1) is 17.7 Å². The van der Waals surface area contributed by atoms with Crippen LogP contribution in [-0.2, 0) is 37.8 Å². The lowest BCUT2D eigenvalue weighted by Gasteiger charge is -2.30. The number of imide groups is 1. The molecule has 6 rings (SSSR count). The highest BCUT2D eigenvalue weighted by molar-refractivity contribution is 6.16. The number of nitrogens with zero attached hydrogens (tertiary/aromatic N) is 2. The highest BCUT2D eigenvalue weighted by Gasteiger charge is 2.71. The second-order valence-corrected chi connectivity index (χ2v) is 10.2. The number of carbonyl (C=O) groups is 4. The number of halogens is 1. The number of aliphatic carboxylic acids is 1. The van der Waals surface area contributed by atoms with Crippen LogP contribution in [0.25, 0.3) is 0 Å². The van der Waals surface area contributed by atoms with Gasteiger partial charge in [0.15, 0.2) is 0 Å². The third-order valence-electron chi connectivity index (χ3n) is 8.10. The average Bonchev–Trinajstić information content (AvgIpc) is 3.49. The summed E-state index contributed by atoms with van der Waals surface area (Å²) in [5.74, 6) is -4.82. The molecule has 0 unspecified atom stereocenters. The molecule has 2 N–H and O–H groups in total. The zero-order valence-corrected chi connectivity index (χ0v) is 20.9. The molecule has 8 nitrogen and oxygen atoms in total. The zero-order chi connectivity index (χ0) is 27.3. The molecule has 2 saturated heterocycles. The first kappa shape index (κ1) is 24.9. The predicted molar refractivity (Wildman–Crippen MR) is 138 cm³/mol. The van der Waals surface area contributed by atoms with Crippen LogP contribution in [-0.4, -0.2) is 39.7 Å². The summed E-state index contributed by atoms with van der Waals surface area (Å²) in [5, 5.41) is 12.7. The summed E-state index contributed by atoms with van der Waals surface area (Å²) >= 11 is 0. The Morgan fingerprint density at radius 2 is 1.56 bits per heavy atom. The van der Waals surface area contributed by atoms with Gasteiger partial charge < -0.3 is 10.0 Å². The van der Waals surface area contributed by atoms with Crippen molar-refractivity contribution in [2.24, 2.45) is 11.8 Å². The fourth-order valence-corrected chi connectivity index (χ4v) is 6.41. The summed E-state index contributed by atoms with van der Waals surface area (Å²) in [4.78, 5) is 56.3. The van der Waals surface area contributed by atoms with Gasteiger partial charge in [-0.1, -0.05) is 66.7 Å². The molecule has 0 bridgehead atoms. The summed E-state index contributed by atoms with van der Waals surface area (Å²) in [7, 11) is 0. The number of fused-ring (bicyclic) bond motifs is 4. The fourth-order valence-electron chi connectivity index (χ4n) is 6.41. The van der Waals surface area contributed by atoms with Crippen LogP contribution >= 0.6 is 0 Å². The van der Waals surface area contributed by atoms with E-state index in [1.807, 2.05) is 30.3 Å². The van der Waals surface area contributed by atoms with E-state index in [1.54, 1.807) is 42.5 Å². The molecule has 0 saturated carbocycles. The molecular weight excluding hydrogens is 501 g/mol. The molecule has 198 valence electrons. The minimum Gasteiger partial charge on any atom is -0.481 e. The van der Waals surface area contributed by atoms with Crippen molar-refractivity contribution in [1.29, 1.82) is 0 Å². The van der Waals surface area contributed by atoms with E-state index in [2.05, 4.69) is 5.32 Å². The smallest absolute Gasteiger partial charge is 0.303 e. The van der Waals surface area contributed by atoms with Gasteiger partial charge in [0, 0.05) is 29.3 Å². The number of nitrogens with one attached hydrogen (secondary N) is 1. The van der Waals surface area contributed by atoms with E-state index in [9.17, 15) is 28.7 Å². The number of likely N-dealkylation sites (tertiary alicyclic amines) is 1. The fraction of sp³-hybridized carbons (Fsp3) is 0.267. The van der Waals surface area contributed by atoms with Crippen LogP contribution in [0.15, 0.2) is 78.9 Å². The molecule has 0 aromatic heterocycles. The Balaban J connectivity index is 1.44. The second-order valence-electron chi connectivity index (χ2n) is 10.2. The minimum absolute atomic E-state index is 0.0566. The van der Waals surface area contributed by atoms with Crippen molar-refractivity contribution in [1.82, 2.24) is 10.2 Å². The van der Waals surface area contributed by atoms with Crippen LogP contribution in [0.3, 0.4) is 0 Å². The predicted octanol–water partition coefficient (Wildman–Crippen LogP) is 3.21. The van der Waals surface area contributed by atoms with Gasteiger partial charge in [0.05, 0.1) is 24.9 Å². The van der Waals surface area contributed by atoms with Crippen molar-refractivity contribution < 1.29 is 28.7 Å². The molecular formula is C30H26FN3O5. The molecule has 4 atom stereocenters. The largest absolute Gasteiger partial charge is 0.481 e. The highest BCUT2D eigenvalue weighted by Crippen LogP contribution is 2.55. The van der Waals surface area contributed by atoms with E-state index in [-0.39, 0.29) is 25.9 Å². The van der Waals surface area contributed by atoms with Gasteiger partial charge >= 0.3 is 5.97 Å². The average molecular weight is 528 g/mol. The number of benzene rings is 3. The molecule has 2 fully saturated rings. The second kappa shape index (κ2) is 9.43. The minimum atomic E-state index is -1.58. The van der Waals surface area contributed by atoms with Crippen molar-refractivity contribution in [2.75, 3.05) is 4.90 Å². The van der Waals surface area contributed by atoms with Crippen LogP contribution in [0.4, 0.5) is 10.1 Å². The molecule has 3 aliphatic heterocycles. The maximum atomic E-state index is 14.6. The van der Waals surface area contributed by atoms with Gasteiger partial charge in [-0.3, -0.25) is 29.4 Å². The van der Waals surface area contributed by atoms with E-state index < -0.39 is 52.9 Å². The number of anilines is 1. The lowest BCUT2D eigenvalue weighted by atomic mass is 9.76. The lowest BCUT2D eigenvalue weighted by Crippen LogP contribution is -2.55. The molecule has 39 heavy (non-hydrogen) atoms. The van der Waals surface area contributed by atoms with Gasteiger partial charge in [0.2, 0.25) is 11.8 Å². The summed E-state index contributed by atoms with van der Waals surface area (Å²) in [6.07, 6.45) is -0.162. The Labute approximate surface area is 224 Å². The van der Waals surface area contributed by atoms with Gasteiger partial charge in [-0.2, -0.15) is 0 Å². The molecule has 9 heteroatoms. The Bertz CT molecular complexity index is 1490. The number of hydrogen-bond acceptors (Lipinski definition) is 5. The number of amides is 3. The van der Waals surface area contributed by atoms with Gasteiger partial charge in [-0.05, 0) is 24.1 Å². The Kier molecular flexibility index (Phi) is 6.03. The van der Waals surface area contributed by atoms with Crippen molar-refractivity contribution >= 4 is 29.4 Å². The topological polar surface area (TPSA) is 107 Å². The summed E-state index contributed by atoms with van der Waals surface area (Å²) < 4.78 is 14.6. The van der Waals surface area contributed by atoms with Gasteiger partial charge in [-0.15, -0.1) is 0 Å². The molecule has 3 amide bonds. The summed E-state index contributed by atoms with van der Waals surface area (Å²) in [5.41, 5.74) is 0.560.